The van der Waals surface area contributed by atoms with Gasteiger partial charge in [0.05, 0.1) is 7.11 Å². The van der Waals surface area contributed by atoms with Gasteiger partial charge in [0.15, 0.2) is 6.10 Å². The predicted octanol–water partition coefficient (Wildman–Crippen LogP) is 2.32. The molecule has 0 radical (unpaired) electrons. The Morgan fingerprint density at radius 3 is 2.71 bits per heavy atom. The molecule has 1 aliphatic heterocycles. The maximum Gasteiger partial charge on any atom is 0.261 e. The van der Waals surface area contributed by atoms with Gasteiger partial charge in [0.2, 0.25) is 0 Å². The van der Waals surface area contributed by atoms with E-state index >= 15 is 0 Å². The number of para-hydroxylation sites is 1. The van der Waals surface area contributed by atoms with E-state index in [1.54, 1.807) is 7.11 Å². The van der Waals surface area contributed by atoms with Crippen LogP contribution in [0.25, 0.3) is 0 Å². The van der Waals surface area contributed by atoms with Crippen molar-refractivity contribution in [3.05, 3.63) is 59.7 Å². The van der Waals surface area contributed by atoms with Crippen molar-refractivity contribution >= 4 is 5.91 Å². The van der Waals surface area contributed by atoms with Gasteiger partial charge in [-0.3, -0.25) is 4.79 Å². The summed E-state index contributed by atoms with van der Waals surface area (Å²) in [7, 11) is 1.63. The van der Waals surface area contributed by atoms with Gasteiger partial charge in [-0.25, -0.2) is 0 Å². The molecule has 0 spiro atoms. The van der Waals surface area contributed by atoms with Crippen LogP contribution in [-0.4, -0.2) is 19.1 Å². The number of fused-ring (bicyclic) bond motifs is 1. The molecule has 0 bridgehead atoms. The zero-order valence-electron chi connectivity index (χ0n) is 11.8. The van der Waals surface area contributed by atoms with Gasteiger partial charge in [-0.2, -0.15) is 0 Å². The molecule has 0 aliphatic carbocycles. The Kier molecular flexibility index (Phi) is 3.77. The second-order valence-electron chi connectivity index (χ2n) is 4.98. The Bertz CT molecular complexity index is 612. The van der Waals surface area contributed by atoms with E-state index in [9.17, 15) is 4.79 Å². The fourth-order valence-electron chi connectivity index (χ4n) is 2.37. The third kappa shape index (κ3) is 2.99. The number of amides is 1. The fraction of sp³-hybridized carbons (Fsp3) is 0.235. The summed E-state index contributed by atoms with van der Waals surface area (Å²) in [5.74, 6) is 1.53. The Hall–Kier alpha value is -2.49. The molecule has 0 aromatic heterocycles. The Labute approximate surface area is 123 Å². The molecule has 1 heterocycles. The van der Waals surface area contributed by atoms with Crippen LogP contribution in [0.1, 0.15) is 11.1 Å². The normalized spacial score (nSPS) is 16.0. The maximum absolute atomic E-state index is 12.1. The molecule has 108 valence electrons. The number of carbonyl (C=O) groups is 1. The molecule has 4 nitrogen and oxygen atoms in total. The summed E-state index contributed by atoms with van der Waals surface area (Å²) in [4.78, 5) is 12.1. The predicted molar refractivity (Wildman–Crippen MR) is 79.4 cm³/mol. The summed E-state index contributed by atoms with van der Waals surface area (Å²) in [5.41, 5.74) is 2.11. The minimum atomic E-state index is -0.430. The number of hydrogen-bond acceptors (Lipinski definition) is 3. The fourth-order valence-corrected chi connectivity index (χ4v) is 2.37. The topological polar surface area (TPSA) is 47.6 Å². The number of benzene rings is 2. The molecule has 1 unspecified atom stereocenters. The van der Waals surface area contributed by atoms with Crippen molar-refractivity contribution in [1.82, 2.24) is 5.32 Å². The van der Waals surface area contributed by atoms with Gasteiger partial charge in [0.25, 0.3) is 5.91 Å². The molecule has 1 atom stereocenters. The molecule has 1 N–H and O–H groups in total. The van der Waals surface area contributed by atoms with Crippen LogP contribution in [0.4, 0.5) is 0 Å². The molecule has 21 heavy (non-hydrogen) atoms. The Balaban J connectivity index is 1.55. The largest absolute Gasteiger partial charge is 0.497 e. The standard InChI is InChI=1S/C17H17NO3/c1-20-14-8-6-12(7-9-14)11-18-17(19)16-10-13-4-2-3-5-15(13)21-16/h2-9,16H,10-11H2,1H3,(H,18,19). The van der Waals surface area contributed by atoms with Gasteiger partial charge in [0.1, 0.15) is 11.5 Å². The lowest BCUT2D eigenvalue weighted by molar-refractivity contribution is -0.127. The molecular formula is C17H17NO3. The SMILES string of the molecule is COc1ccc(CNC(=O)C2Cc3ccccc3O2)cc1. The number of ether oxygens (including phenoxy) is 2. The Morgan fingerprint density at radius 2 is 2.00 bits per heavy atom. The van der Waals surface area contributed by atoms with Gasteiger partial charge in [-0.15, -0.1) is 0 Å². The van der Waals surface area contributed by atoms with Crippen molar-refractivity contribution in [3.8, 4) is 11.5 Å². The number of rotatable bonds is 4. The van der Waals surface area contributed by atoms with E-state index in [0.717, 1.165) is 22.6 Å². The smallest absolute Gasteiger partial charge is 0.261 e. The van der Waals surface area contributed by atoms with Gasteiger partial charge in [-0.05, 0) is 29.3 Å². The van der Waals surface area contributed by atoms with Crippen LogP contribution in [0.3, 0.4) is 0 Å². The van der Waals surface area contributed by atoms with Gasteiger partial charge >= 0.3 is 0 Å². The van der Waals surface area contributed by atoms with E-state index in [2.05, 4.69) is 5.32 Å². The van der Waals surface area contributed by atoms with Crippen molar-refractivity contribution in [2.24, 2.45) is 0 Å². The molecule has 4 heteroatoms. The molecule has 3 rings (SSSR count). The third-order valence-electron chi connectivity index (χ3n) is 3.57. The van der Waals surface area contributed by atoms with E-state index in [4.69, 9.17) is 9.47 Å². The second kappa shape index (κ2) is 5.87. The first-order chi connectivity index (χ1) is 10.3. The van der Waals surface area contributed by atoms with Crippen molar-refractivity contribution < 1.29 is 14.3 Å². The quantitative estimate of drug-likeness (QED) is 0.936. The zero-order chi connectivity index (χ0) is 14.7. The number of nitrogens with one attached hydrogen (secondary N) is 1. The lowest BCUT2D eigenvalue weighted by atomic mass is 10.1. The molecule has 0 fully saturated rings. The van der Waals surface area contributed by atoms with Gasteiger partial charge in [0, 0.05) is 13.0 Å². The Morgan fingerprint density at radius 1 is 1.24 bits per heavy atom. The van der Waals surface area contributed by atoms with Crippen LogP contribution in [0, 0.1) is 0 Å². The van der Waals surface area contributed by atoms with Crippen LogP contribution in [0.15, 0.2) is 48.5 Å². The van der Waals surface area contributed by atoms with Crippen LogP contribution < -0.4 is 14.8 Å². The molecular weight excluding hydrogens is 266 g/mol. The number of hydrogen-bond donors (Lipinski definition) is 1. The summed E-state index contributed by atoms with van der Waals surface area (Å²) in [6.45, 7) is 0.485. The van der Waals surface area contributed by atoms with E-state index in [1.165, 1.54) is 0 Å². The average Bonchev–Trinajstić information content (AvgIpc) is 2.97. The van der Waals surface area contributed by atoms with Crippen LogP contribution >= 0.6 is 0 Å². The van der Waals surface area contributed by atoms with Crippen molar-refractivity contribution in [3.63, 3.8) is 0 Å². The lowest BCUT2D eigenvalue weighted by Gasteiger charge is -2.11. The van der Waals surface area contributed by atoms with E-state index in [0.29, 0.717) is 13.0 Å². The highest BCUT2D eigenvalue weighted by molar-refractivity contribution is 5.82. The molecule has 1 amide bonds. The van der Waals surface area contributed by atoms with E-state index in [1.807, 2.05) is 48.5 Å². The highest BCUT2D eigenvalue weighted by Crippen LogP contribution is 2.28. The van der Waals surface area contributed by atoms with Crippen molar-refractivity contribution in [1.29, 1.82) is 0 Å². The maximum atomic E-state index is 12.1. The highest BCUT2D eigenvalue weighted by atomic mass is 16.5. The third-order valence-corrected chi connectivity index (χ3v) is 3.57. The number of methoxy groups -OCH3 is 1. The van der Waals surface area contributed by atoms with Crippen LogP contribution in [-0.2, 0) is 17.8 Å². The first-order valence-corrected chi connectivity index (χ1v) is 6.91. The first-order valence-electron chi connectivity index (χ1n) is 6.91. The molecule has 2 aromatic rings. The summed E-state index contributed by atoms with van der Waals surface area (Å²) < 4.78 is 10.8. The molecule has 0 saturated heterocycles. The van der Waals surface area contributed by atoms with Gasteiger partial charge < -0.3 is 14.8 Å². The van der Waals surface area contributed by atoms with Gasteiger partial charge in [-0.1, -0.05) is 30.3 Å². The van der Waals surface area contributed by atoms with Crippen molar-refractivity contribution in [2.75, 3.05) is 7.11 Å². The average molecular weight is 283 g/mol. The summed E-state index contributed by atoms with van der Waals surface area (Å²) in [5, 5.41) is 2.91. The molecule has 1 aliphatic rings. The second-order valence-corrected chi connectivity index (χ2v) is 4.98. The minimum absolute atomic E-state index is 0.0815. The zero-order valence-corrected chi connectivity index (χ0v) is 11.8. The number of carbonyl (C=O) groups excluding carboxylic acids is 1. The van der Waals surface area contributed by atoms with Crippen LogP contribution in [0.5, 0.6) is 11.5 Å². The monoisotopic (exact) mass is 283 g/mol. The summed E-state index contributed by atoms with van der Waals surface area (Å²) in [6, 6.07) is 15.4. The summed E-state index contributed by atoms with van der Waals surface area (Å²) in [6.07, 6.45) is 0.200. The molecule has 0 saturated carbocycles. The molecule has 2 aromatic carbocycles. The highest BCUT2D eigenvalue weighted by Gasteiger charge is 2.28. The van der Waals surface area contributed by atoms with E-state index in [-0.39, 0.29) is 5.91 Å². The van der Waals surface area contributed by atoms with E-state index < -0.39 is 6.10 Å². The van der Waals surface area contributed by atoms with Crippen LogP contribution in [0.2, 0.25) is 0 Å². The first kappa shape index (κ1) is 13.5. The summed E-state index contributed by atoms with van der Waals surface area (Å²) >= 11 is 0. The minimum Gasteiger partial charge on any atom is -0.497 e. The lowest BCUT2D eigenvalue weighted by Crippen LogP contribution is -2.36. The van der Waals surface area contributed by atoms with Crippen molar-refractivity contribution in [2.45, 2.75) is 19.1 Å².